The van der Waals surface area contributed by atoms with Crippen LogP contribution in [0.3, 0.4) is 0 Å². The van der Waals surface area contributed by atoms with Crippen molar-refractivity contribution >= 4 is 11.6 Å². The lowest BCUT2D eigenvalue weighted by Crippen LogP contribution is -2.47. The average Bonchev–Trinajstić information content (AvgIpc) is 3.71. The summed E-state index contributed by atoms with van der Waals surface area (Å²) in [6, 6.07) is 18.2. The lowest BCUT2D eigenvalue weighted by Gasteiger charge is -2.36. The van der Waals surface area contributed by atoms with Gasteiger partial charge in [0.1, 0.15) is 0 Å². The van der Waals surface area contributed by atoms with E-state index in [1.54, 1.807) is 0 Å². The zero-order chi connectivity index (χ0) is 48.3. The quantitative estimate of drug-likeness (QED) is 0.167. The predicted octanol–water partition coefficient (Wildman–Crippen LogP) is 10.4. The van der Waals surface area contributed by atoms with Crippen LogP contribution in [0.15, 0.2) is 60.9 Å². The number of hydrogen-bond donors (Lipinski definition) is 0. The van der Waals surface area contributed by atoms with Crippen molar-refractivity contribution in [2.24, 2.45) is 23.7 Å². The van der Waals surface area contributed by atoms with Crippen LogP contribution >= 0.6 is 11.6 Å². The maximum Gasteiger partial charge on any atom is 0.0743 e. The number of rotatable bonds is 13. The van der Waals surface area contributed by atoms with Gasteiger partial charge in [0.2, 0.25) is 0 Å². The molecule has 3 aromatic rings. The van der Waals surface area contributed by atoms with Gasteiger partial charge in [0.05, 0.1) is 64.1 Å². The number of ether oxygens (including phenoxy) is 4. The van der Waals surface area contributed by atoms with E-state index in [9.17, 15) is 0 Å². The molecule has 0 bridgehead atoms. The van der Waals surface area contributed by atoms with Crippen LogP contribution in [0.4, 0.5) is 0 Å². The van der Waals surface area contributed by atoms with Crippen molar-refractivity contribution in [3.8, 4) is 11.1 Å². The Balaban J connectivity index is 1.57. The summed E-state index contributed by atoms with van der Waals surface area (Å²) in [6.07, 6.45) is 9.32. The van der Waals surface area contributed by atoms with Crippen molar-refractivity contribution in [3.63, 3.8) is 0 Å². The smallest absolute Gasteiger partial charge is 0.0743 e. The summed E-state index contributed by atoms with van der Waals surface area (Å²) in [5, 5.41) is 5.41. The molecule has 0 radical (unpaired) electrons. The van der Waals surface area contributed by atoms with Crippen LogP contribution in [0.2, 0.25) is 5.02 Å². The molecule has 7 unspecified atom stereocenters. The van der Waals surface area contributed by atoms with E-state index >= 15 is 0 Å². The SMILES string of the molecule is CC(C)CC1COC(C)CN(C)C(CC(C)C)COC(Cc2ccc(Cn3cc(-c4ccc(Cl)cc4)cn3)cc2)CN(C)C(CC(C)C)COC(C)CN(C)C(CC(C)C)COCCN1C. The van der Waals surface area contributed by atoms with Crippen LogP contribution in [-0.2, 0) is 31.9 Å². The van der Waals surface area contributed by atoms with Gasteiger partial charge in [-0.3, -0.25) is 24.3 Å². The first-order chi connectivity index (χ1) is 31.3. The Hall–Kier alpha value is -2.38. The van der Waals surface area contributed by atoms with Crippen molar-refractivity contribution in [3.05, 3.63) is 77.1 Å². The molecule has 0 spiro atoms. The third-order valence-corrected chi connectivity index (χ3v) is 13.5. The monoisotopic (exact) mass is 937 g/mol. The maximum atomic E-state index is 7.15. The van der Waals surface area contributed by atoms with Crippen molar-refractivity contribution in [1.29, 1.82) is 0 Å². The molecule has 1 aliphatic rings. The molecular formula is C55H93ClN6O4. The number of likely N-dealkylation sites (N-methyl/N-ethyl adjacent to an activating group) is 4. The fourth-order valence-corrected chi connectivity index (χ4v) is 9.55. The highest BCUT2D eigenvalue weighted by Gasteiger charge is 2.27. The average molecular weight is 938 g/mol. The van der Waals surface area contributed by atoms with Gasteiger partial charge in [-0.05, 0) is 127 Å². The van der Waals surface area contributed by atoms with E-state index in [2.05, 4.69) is 153 Å². The molecule has 1 aliphatic heterocycles. The lowest BCUT2D eigenvalue weighted by atomic mass is 10.0. The number of benzene rings is 2. The standard InChI is InChI=1S/C55H93ClN6O4/c1-40(2)25-51-36-63-24-23-58(11)52(26-41(3)4)37-64-45(10)32-60(13)54(28-43(7)8)39-66-55(35-61(14)53(27-42(5)6)38-65-44(9)31-59(51)12)29-46-15-17-47(18-16-46)33-62-34-49(30-57-62)48-19-21-50(56)22-20-48/h15-22,30,34,40-45,51-55H,23-29,31-33,35-39H2,1-14H3. The Labute approximate surface area is 408 Å². The van der Waals surface area contributed by atoms with Gasteiger partial charge in [-0.25, -0.2) is 0 Å². The summed E-state index contributed by atoms with van der Waals surface area (Å²) >= 11 is 6.14. The van der Waals surface area contributed by atoms with E-state index in [0.717, 1.165) is 81.0 Å². The number of halogens is 1. The van der Waals surface area contributed by atoms with Gasteiger partial charge < -0.3 is 18.9 Å². The fraction of sp³-hybridized carbons (Fsp3) is 0.727. The molecule has 11 heteroatoms. The first kappa shape index (κ1) is 56.2. The number of nitrogens with zero attached hydrogens (tertiary/aromatic N) is 6. The van der Waals surface area contributed by atoms with Gasteiger partial charge in [0.25, 0.3) is 0 Å². The topological polar surface area (TPSA) is 67.7 Å². The maximum absolute atomic E-state index is 7.15. The van der Waals surface area contributed by atoms with Crippen LogP contribution in [0.1, 0.15) is 106 Å². The van der Waals surface area contributed by atoms with E-state index < -0.39 is 0 Å². The highest BCUT2D eigenvalue weighted by atomic mass is 35.5. The van der Waals surface area contributed by atoms with Crippen molar-refractivity contribution in [1.82, 2.24) is 29.4 Å². The normalized spacial score (nSPS) is 25.8. The molecule has 10 nitrogen and oxygen atoms in total. The molecule has 0 aliphatic carbocycles. The predicted molar refractivity (Wildman–Crippen MR) is 277 cm³/mol. The van der Waals surface area contributed by atoms with Crippen molar-refractivity contribution in [2.75, 3.05) is 87.4 Å². The zero-order valence-corrected chi connectivity index (χ0v) is 44.7. The van der Waals surface area contributed by atoms with Crippen LogP contribution in [0.5, 0.6) is 0 Å². The third-order valence-electron chi connectivity index (χ3n) is 13.3. The molecule has 1 aromatic heterocycles. The fourth-order valence-electron chi connectivity index (χ4n) is 9.42. The van der Waals surface area contributed by atoms with Gasteiger partial charge in [-0.1, -0.05) is 103 Å². The summed E-state index contributed by atoms with van der Waals surface area (Å²) in [5.41, 5.74) is 4.68. The molecule has 1 saturated heterocycles. The minimum absolute atomic E-state index is 0.00137. The van der Waals surface area contributed by atoms with Crippen molar-refractivity contribution in [2.45, 2.75) is 150 Å². The molecule has 4 rings (SSSR count). The Morgan fingerprint density at radius 3 is 1.53 bits per heavy atom. The Morgan fingerprint density at radius 2 is 1.02 bits per heavy atom. The minimum atomic E-state index is -0.00137. The lowest BCUT2D eigenvalue weighted by molar-refractivity contribution is -0.0458. The Morgan fingerprint density at radius 1 is 0.561 bits per heavy atom. The van der Waals surface area contributed by atoms with E-state index in [1.807, 2.05) is 35.1 Å². The first-order valence-electron chi connectivity index (χ1n) is 25.4. The molecule has 7 atom stereocenters. The van der Waals surface area contributed by atoms with Crippen LogP contribution < -0.4 is 0 Å². The van der Waals surface area contributed by atoms with Gasteiger partial charge in [0, 0.05) is 67.1 Å². The van der Waals surface area contributed by atoms with E-state index in [0.29, 0.717) is 68.7 Å². The molecule has 1 fully saturated rings. The Bertz CT molecular complexity index is 1720. The molecule has 374 valence electrons. The molecule has 2 aromatic carbocycles. The van der Waals surface area contributed by atoms with Crippen LogP contribution in [0, 0.1) is 23.7 Å². The highest BCUT2D eigenvalue weighted by molar-refractivity contribution is 6.30. The second-order valence-corrected chi connectivity index (χ2v) is 22.1. The summed E-state index contributed by atoms with van der Waals surface area (Å²) in [4.78, 5) is 9.93. The molecular weight excluding hydrogens is 844 g/mol. The van der Waals surface area contributed by atoms with Crippen LogP contribution in [-0.4, -0.2) is 159 Å². The van der Waals surface area contributed by atoms with E-state index in [-0.39, 0.29) is 30.4 Å². The van der Waals surface area contributed by atoms with Gasteiger partial charge in [-0.2, -0.15) is 5.10 Å². The van der Waals surface area contributed by atoms with Gasteiger partial charge >= 0.3 is 0 Å². The highest BCUT2D eigenvalue weighted by Crippen LogP contribution is 2.23. The summed E-state index contributed by atoms with van der Waals surface area (Å²) in [5.74, 6) is 2.23. The van der Waals surface area contributed by atoms with E-state index in [4.69, 9.17) is 30.5 Å². The second-order valence-electron chi connectivity index (χ2n) is 21.7. The molecule has 0 N–H and O–H groups in total. The summed E-state index contributed by atoms with van der Waals surface area (Å²) in [7, 11) is 9.02. The summed E-state index contributed by atoms with van der Waals surface area (Å²) in [6.45, 7) is 30.6. The molecule has 0 amide bonds. The number of hydrogen-bond acceptors (Lipinski definition) is 9. The summed E-state index contributed by atoms with van der Waals surface area (Å²) < 4.78 is 29.1. The zero-order valence-electron chi connectivity index (χ0n) is 43.9. The van der Waals surface area contributed by atoms with Gasteiger partial charge in [0.15, 0.2) is 0 Å². The Kier molecular flexibility index (Phi) is 24.7. The van der Waals surface area contributed by atoms with Crippen LogP contribution in [0.25, 0.3) is 11.1 Å². The van der Waals surface area contributed by atoms with E-state index in [1.165, 1.54) is 11.1 Å². The molecule has 66 heavy (non-hydrogen) atoms. The third kappa shape index (κ3) is 20.7. The minimum Gasteiger partial charge on any atom is -0.378 e. The molecule has 2 heterocycles. The first-order valence-corrected chi connectivity index (χ1v) is 25.8. The second kappa shape index (κ2) is 29.0. The van der Waals surface area contributed by atoms with Gasteiger partial charge in [-0.15, -0.1) is 0 Å². The molecule has 0 saturated carbocycles. The largest absolute Gasteiger partial charge is 0.378 e. The van der Waals surface area contributed by atoms with Crippen molar-refractivity contribution < 1.29 is 18.9 Å². The number of aromatic nitrogens is 2.